The van der Waals surface area contributed by atoms with Gasteiger partial charge in [0.05, 0.1) is 6.04 Å². The first-order valence-electron chi connectivity index (χ1n) is 3.38. The van der Waals surface area contributed by atoms with Crippen molar-refractivity contribution in [3.8, 4) is 0 Å². The molecule has 0 amide bonds. The van der Waals surface area contributed by atoms with E-state index in [2.05, 4.69) is 6.58 Å². The molecule has 1 nitrogen and oxygen atoms in total. The van der Waals surface area contributed by atoms with E-state index in [1.165, 1.54) is 12.1 Å². The van der Waals surface area contributed by atoms with Crippen LogP contribution in [0.4, 0.5) is 4.39 Å². The second-order valence-electron chi connectivity index (χ2n) is 2.28. The molecule has 1 rings (SSSR count). The summed E-state index contributed by atoms with van der Waals surface area (Å²) in [4.78, 5) is 0. The van der Waals surface area contributed by atoms with Gasteiger partial charge in [-0.2, -0.15) is 0 Å². The van der Waals surface area contributed by atoms with Gasteiger partial charge in [0.2, 0.25) is 0 Å². The summed E-state index contributed by atoms with van der Waals surface area (Å²) in [6, 6.07) is 6.02. The van der Waals surface area contributed by atoms with E-state index in [9.17, 15) is 4.39 Å². The van der Waals surface area contributed by atoms with Gasteiger partial charge in [-0.25, -0.2) is 4.39 Å². The van der Waals surface area contributed by atoms with E-state index in [4.69, 9.17) is 5.73 Å². The fraction of sp³-hybridized carbons (Fsp3) is 0.111. The third-order valence-corrected chi connectivity index (χ3v) is 1.52. The second kappa shape index (κ2) is 3.30. The summed E-state index contributed by atoms with van der Waals surface area (Å²) in [5.74, 6) is -0.278. The molecular formula is C9H10FN. The highest BCUT2D eigenvalue weighted by atomic mass is 19.1. The number of benzene rings is 1. The molecule has 2 heteroatoms. The predicted molar refractivity (Wildman–Crippen MR) is 43.5 cm³/mol. The van der Waals surface area contributed by atoms with Crippen LogP contribution in [-0.4, -0.2) is 0 Å². The van der Waals surface area contributed by atoms with Crippen molar-refractivity contribution in [1.29, 1.82) is 0 Å². The van der Waals surface area contributed by atoms with Crippen LogP contribution < -0.4 is 5.73 Å². The molecule has 0 spiro atoms. The van der Waals surface area contributed by atoms with Crippen LogP contribution >= 0.6 is 0 Å². The van der Waals surface area contributed by atoms with Crippen LogP contribution in [0.15, 0.2) is 36.9 Å². The van der Waals surface area contributed by atoms with Gasteiger partial charge in [-0.15, -0.1) is 6.58 Å². The largest absolute Gasteiger partial charge is 0.321 e. The molecular weight excluding hydrogens is 141 g/mol. The lowest BCUT2D eigenvalue weighted by Gasteiger charge is -2.06. The molecule has 0 bridgehead atoms. The van der Waals surface area contributed by atoms with Gasteiger partial charge < -0.3 is 5.73 Å². The molecule has 1 aromatic rings. The molecule has 1 unspecified atom stereocenters. The molecule has 0 aromatic heterocycles. The van der Waals surface area contributed by atoms with E-state index in [1.807, 2.05) is 0 Å². The molecule has 0 aliphatic heterocycles. The fourth-order valence-electron chi connectivity index (χ4n) is 0.872. The molecule has 0 heterocycles. The minimum absolute atomic E-state index is 0.278. The first kappa shape index (κ1) is 7.95. The molecule has 0 aliphatic carbocycles. The zero-order valence-electron chi connectivity index (χ0n) is 6.13. The van der Waals surface area contributed by atoms with Gasteiger partial charge in [0, 0.05) is 5.56 Å². The number of nitrogens with two attached hydrogens (primary N) is 1. The summed E-state index contributed by atoms with van der Waals surface area (Å²) < 4.78 is 12.9. The Morgan fingerprint density at radius 2 is 2.09 bits per heavy atom. The van der Waals surface area contributed by atoms with E-state index < -0.39 is 6.04 Å². The minimum atomic E-state index is -0.406. The van der Waals surface area contributed by atoms with E-state index in [-0.39, 0.29) is 5.82 Å². The molecule has 2 N–H and O–H groups in total. The number of hydrogen-bond donors (Lipinski definition) is 1. The van der Waals surface area contributed by atoms with E-state index >= 15 is 0 Å². The number of hydrogen-bond acceptors (Lipinski definition) is 1. The smallest absolute Gasteiger partial charge is 0.128 e. The molecule has 0 saturated carbocycles. The van der Waals surface area contributed by atoms with Crippen LogP contribution in [0.2, 0.25) is 0 Å². The SMILES string of the molecule is C=CC(N)c1ccccc1F. The van der Waals surface area contributed by atoms with Crippen LogP contribution in [0.1, 0.15) is 11.6 Å². The molecule has 0 fully saturated rings. The molecule has 58 valence electrons. The normalized spacial score (nSPS) is 12.5. The predicted octanol–water partition coefficient (Wildman–Crippen LogP) is 2.01. The monoisotopic (exact) mass is 151 g/mol. The van der Waals surface area contributed by atoms with E-state index in [1.54, 1.807) is 18.2 Å². The quantitative estimate of drug-likeness (QED) is 0.643. The fourth-order valence-corrected chi connectivity index (χ4v) is 0.872. The Labute approximate surface area is 65.3 Å². The summed E-state index contributed by atoms with van der Waals surface area (Å²) in [7, 11) is 0. The summed E-state index contributed by atoms with van der Waals surface area (Å²) >= 11 is 0. The van der Waals surface area contributed by atoms with Gasteiger partial charge in [-0.05, 0) is 6.07 Å². The van der Waals surface area contributed by atoms with Crippen LogP contribution in [0.5, 0.6) is 0 Å². The molecule has 11 heavy (non-hydrogen) atoms. The van der Waals surface area contributed by atoms with Crippen molar-refractivity contribution < 1.29 is 4.39 Å². The third-order valence-electron chi connectivity index (χ3n) is 1.52. The Morgan fingerprint density at radius 1 is 1.45 bits per heavy atom. The van der Waals surface area contributed by atoms with Crippen molar-refractivity contribution >= 4 is 0 Å². The third kappa shape index (κ3) is 1.65. The van der Waals surface area contributed by atoms with E-state index in [0.29, 0.717) is 5.56 Å². The number of halogens is 1. The van der Waals surface area contributed by atoms with Gasteiger partial charge >= 0.3 is 0 Å². The highest BCUT2D eigenvalue weighted by Gasteiger charge is 2.05. The zero-order valence-corrected chi connectivity index (χ0v) is 6.13. The Kier molecular flexibility index (Phi) is 2.39. The maximum absolute atomic E-state index is 12.9. The molecule has 0 saturated heterocycles. The van der Waals surface area contributed by atoms with Crippen LogP contribution in [0.25, 0.3) is 0 Å². The molecule has 0 aliphatic rings. The lowest BCUT2D eigenvalue weighted by atomic mass is 10.1. The highest BCUT2D eigenvalue weighted by Crippen LogP contribution is 2.14. The van der Waals surface area contributed by atoms with Crippen molar-refractivity contribution in [2.24, 2.45) is 5.73 Å². The van der Waals surface area contributed by atoms with Crippen molar-refractivity contribution in [1.82, 2.24) is 0 Å². The zero-order chi connectivity index (χ0) is 8.27. The van der Waals surface area contributed by atoms with Crippen LogP contribution in [-0.2, 0) is 0 Å². The van der Waals surface area contributed by atoms with Crippen molar-refractivity contribution in [2.75, 3.05) is 0 Å². The Bertz CT molecular complexity index is 257. The Morgan fingerprint density at radius 3 is 2.64 bits per heavy atom. The second-order valence-corrected chi connectivity index (χ2v) is 2.28. The maximum Gasteiger partial charge on any atom is 0.128 e. The molecule has 0 radical (unpaired) electrons. The van der Waals surface area contributed by atoms with Gasteiger partial charge in [0.15, 0.2) is 0 Å². The van der Waals surface area contributed by atoms with Crippen molar-refractivity contribution in [2.45, 2.75) is 6.04 Å². The summed E-state index contributed by atoms with van der Waals surface area (Å²) in [6.45, 7) is 3.49. The van der Waals surface area contributed by atoms with Crippen LogP contribution in [0, 0.1) is 5.82 Å². The Balaban J connectivity index is 3.02. The lowest BCUT2D eigenvalue weighted by Crippen LogP contribution is -2.08. The summed E-state index contributed by atoms with van der Waals surface area (Å²) in [5.41, 5.74) is 6.03. The molecule has 1 atom stereocenters. The highest BCUT2D eigenvalue weighted by molar-refractivity contribution is 5.23. The number of rotatable bonds is 2. The van der Waals surface area contributed by atoms with Gasteiger partial charge in [-0.1, -0.05) is 24.3 Å². The van der Waals surface area contributed by atoms with Gasteiger partial charge in [0.25, 0.3) is 0 Å². The van der Waals surface area contributed by atoms with Gasteiger partial charge in [-0.3, -0.25) is 0 Å². The standard InChI is InChI=1S/C9H10FN/c1-2-9(11)7-5-3-4-6-8(7)10/h2-6,9H,1,11H2. The first-order valence-corrected chi connectivity index (χ1v) is 3.38. The Hall–Kier alpha value is -1.15. The average Bonchev–Trinajstić information content (AvgIpc) is 2.04. The topological polar surface area (TPSA) is 26.0 Å². The lowest BCUT2D eigenvalue weighted by molar-refractivity contribution is 0.602. The van der Waals surface area contributed by atoms with Crippen molar-refractivity contribution in [3.63, 3.8) is 0 Å². The summed E-state index contributed by atoms with van der Waals surface area (Å²) in [6.07, 6.45) is 1.51. The average molecular weight is 151 g/mol. The van der Waals surface area contributed by atoms with Gasteiger partial charge in [0.1, 0.15) is 5.82 Å². The summed E-state index contributed by atoms with van der Waals surface area (Å²) in [5, 5.41) is 0. The van der Waals surface area contributed by atoms with Crippen molar-refractivity contribution in [3.05, 3.63) is 48.3 Å². The maximum atomic E-state index is 12.9. The first-order chi connectivity index (χ1) is 5.25. The molecule has 1 aromatic carbocycles. The van der Waals surface area contributed by atoms with Crippen LogP contribution in [0.3, 0.4) is 0 Å². The van der Waals surface area contributed by atoms with E-state index in [0.717, 1.165) is 0 Å². The minimum Gasteiger partial charge on any atom is -0.321 e.